The predicted molar refractivity (Wildman–Crippen MR) is 105 cm³/mol. The molecule has 0 spiro atoms. The lowest BCUT2D eigenvalue weighted by Crippen LogP contribution is -2.30. The predicted octanol–water partition coefficient (Wildman–Crippen LogP) is 3.94. The number of primary amides is 1. The maximum absolute atomic E-state index is 12.3. The summed E-state index contributed by atoms with van der Waals surface area (Å²) in [6.45, 7) is 1.41. The number of rotatable bonds is 6. The molecule has 2 aromatic heterocycles. The van der Waals surface area contributed by atoms with Crippen molar-refractivity contribution < 1.29 is 23.5 Å². The van der Waals surface area contributed by atoms with Crippen molar-refractivity contribution in [1.29, 1.82) is 0 Å². The minimum absolute atomic E-state index is 0.0662. The van der Waals surface area contributed by atoms with E-state index in [0.29, 0.717) is 21.3 Å². The molecule has 0 aliphatic carbocycles. The van der Waals surface area contributed by atoms with Crippen molar-refractivity contribution in [2.45, 2.75) is 13.0 Å². The highest BCUT2D eigenvalue weighted by molar-refractivity contribution is 7.14. The van der Waals surface area contributed by atoms with Crippen LogP contribution in [0.5, 0.6) is 0 Å². The molecule has 3 rings (SSSR count). The number of halogens is 1. The summed E-state index contributed by atoms with van der Waals surface area (Å²) in [5.74, 6) is -1.73. The van der Waals surface area contributed by atoms with Crippen LogP contribution in [0.25, 0.3) is 11.3 Å². The van der Waals surface area contributed by atoms with Gasteiger partial charge in [0.2, 0.25) is 5.76 Å². The zero-order valence-electron chi connectivity index (χ0n) is 14.6. The first-order valence-electron chi connectivity index (χ1n) is 8.10. The van der Waals surface area contributed by atoms with Crippen LogP contribution in [0.2, 0.25) is 5.02 Å². The highest BCUT2D eigenvalue weighted by atomic mass is 35.5. The van der Waals surface area contributed by atoms with E-state index in [-0.39, 0.29) is 11.3 Å². The first kappa shape index (κ1) is 19.7. The van der Waals surface area contributed by atoms with E-state index in [0.717, 1.165) is 11.3 Å². The smallest absolute Gasteiger partial charge is 0.375 e. The van der Waals surface area contributed by atoms with E-state index in [4.69, 9.17) is 26.5 Å². The lowest BCUT2D eigenvalue weighted by atomic mass is 10.2. The lowest BCUT2D eigenvalue weighted by molar-refractivity contribution is -0.123. The molecule has 0 aliphatic heterocycles. The van der Waals surface area contributed by atoms with Gasteiger partial charge in [-0.15, -0.1) is 11.3 Å². The Balaban J connectivity index is 1.66. The second-order valence-electron chi connectivity index (χ2n) is 5.71. The van der Waals surface area contributed by atoms with Crippen LogP contribution < -0.4 is 11.1 Å². The molecule has 2 heterocycles. The summed E-state index contributed by atoms with van der Waals surface area (Å²) < 4.78 is 10.6. The molecule has 1 atom stereocenters. The van der Waals surface area contributed by atoms with Crippen LogP contribution in [0.1, 0.15) is 27.8 Å². The maximum atomic E-state index is 12.3. The number of hydrogen-bond acceptors (Lipinski definition) is 6. The summed E-state index contributed by atoms with van der Waals surface area (Å²) >= 11 is 7.25. The van der Waals surface area contributed by atoms with Crippen LogP contribution in [-0.4, -0.2) is 23.9 Å². The summed E-state index contributed by atoms with van der Waals surface area (Å²) in [7, 11) is 0. The van der Waals surface area contributed by atoms with Crippen molar-refractivity contribution in [3.05, 3.63) is 64.2 Å². The fraction of sp³-hybridized carbons (Fsp3) is 0.105. The zero-order chi connectivity index (χ0) is 20.3. The number of carbonyl (C=O) groups is 3. The molecule has 0 aliphatic rings. The first-order chi connectivity index (χ1) is 13.4. The molecule has 0 radical (unpaired) electrons. The van der Waals surface area contributed by atoms with Crippen LogP contribution in [-0.2, 0) is 9.53 Å². The average Bonchev–Trinajstić information content (AvgIpc) is 3.31. The van der Waals surface area contributed by atoms with Crippen LogP contribution in [0.3, 0.4) is 0 Å². The van der Waals surface area contributed by atoms with Gasteiger partial charge in [0.1, 0.15) is 10.8 Å². The molecule has 1 unspecified atom stereocenters. The number of thiophene rings is 1. The van der Waals surface area contributed by atoms with Crippen molar-refractivity contribution in [2.75, 3.05) is 5.32 Å². The van der Waals surface area contributed by atoms with Crippen LogP contribution >= 0.6 is 22.9 Å². The van der Waals surface area contributed by atoms with Crippen molar-refractivity contribution in [2.24, 2.45) is 5.73 Å². The number of amides is 2. The minimum atomic E-state index is -1.12. The van der Waals surface area contributed by atoms with Gasteiger partial charge in [0.15, 0.2) is 6.10 Å². The Kier molecular flexibility index (Phi) is 5.81. The van der Waals surface area contributed by atoms with Gasteiger partial charge >= 0.3 is 5.97 Å². The molecule has 0 saturated heterocycles. The number of ether oxygens (including phenoxy) is 1. The maximum Gasteiger partial charge on any atom is 0.375 e. The highest BCUT2D eigenvalue weighted by Crippen LogP contribution is 2.29. The topological polar surface area (TPSA) is 112 Å². The third-order valence-corrected chi connectivity index (χ3v) is 4.93. The third-order valence-electron chi connectivity index (χ3n) is 3.77. The van der Waals surface area contributed by atoms with Crippen molar-refractivity contribution in [3.8, 4) is 11.3 Å². The van der Waals surface area contributed by atoms with E-state index in [1.165, 1.54) is 19.1 Å². The van der Waals surface area contributed by atoms with Gasteiger partial charge in [-0.25, -0.2) is 4.79 Å². The SMILES string of the molecule is CC(OC(=O)c1ccc(-c2ccccc2Cl)o1)C(=O)Nc1sccc1C(N)=O. The molecule has 0 bridgehead atoms. The van der Waals surface area contributed by atoms with Gasteiger partial charge in [-0.3, -0.25) is 9.59 Å². The molecule has 0 fully saturated rings. The second-order valence-corrected chi connectivity index (χ2v) is 7.03. The first-order valence-corrected chi connectivity index (χ1v) is 9.36. The number of anilines is 1. The lowest BCUT2D eigenvalue weighted by Gasteiger charge is -2.12. The van der Waals surface area contributed by atoms with E-state index < -0.39 is 23.9 Å². The molecular weight excluding hydrogens is 404 g/mol. The van der Waals surface area contributed by atoms with E-state index in [1.807, 2.05) is 0 Å². The number of esters is 1. The van der Waals surface area contributed by atoms with Crippen LogP contribution in [0.4, 0.5) is 5.00 Å². The average molecular weight is 419 g/mol. The molecular formula is C19H15ClN2O5S. The normalized spacial score (nSPS) is 11.6. The number of benzene rings is 1. The monoisotopic (exact) mass is 418 g/mol. The van der Waals surface area contributed by atoms with Crippen molar-refractivity contribution in [1.82, 2.24) is 0 Å². The quantitative estimate of drug-likeness (QED) is 0.589. The summed E-state index contributed by atoms with van der Waals surface area (Å²) in [6, 6.07) is 11.6. The van der Waals surface area contributed by atoms with Gasteiger partial charge < -0.3 is 20.2 Å². The Morgan fingerprint density at radius 3 is 2.64 bits per heavy atom. The van der Waals surface area contributed by atoms with Gasteiger partial charge in [-0.05, 0) is 42.6 Å². The molecule has 28 heavy (non-hydrogen) atoms. The Bertz CT molecular complexity index is 1040. The number of nitrogens with two attached hydrogens (primary N) is 1. The number of hydrogen-bond donors (Lipinski definition) is 2. The summed E-state index contributed by atoms with van der Waals surface area (Å²) in [5.41, 5.74) is 6.06. The number of nitrogens with one attached hydrogen (secondary N) is 1. The van der Waals surface area contributed by atoms with Gasteiger partial charge in [0.05, 0.1) is 10.6 Å². The van der Waals surface area contributed by atoms with Gasteiger partial charge in [-0.2, -0.15) is 0 Å². The number of carbonyl (C=O) groups excluding carboxylic acids is 3. The van der Waals surface area contributed by atoms with Crippen molar-refractivity contribution in [3.63, 3.8) is 0 Å². The molecule has 3 aromatic rings. The molecule has 7 nitrogen and oxygen atoms in total. The summed E-state index contributed by atoms with van der Waals surface area (Å²) in [6.07, 6.45) is -1.12. The fourth-order valence-electron chi connectivity index (χ4n) is 2.34. The number of furan rings is 1. The fourth-order valence-corrected chi connectivity index (χ4v) is 3.36. The molecule has 9 heteroatoms. The molecule has 1 aromatic carbocycles. The summed E-state index contributed by atoms with van der Waals surface area (Å²) in [5, 5.41) is 4.91. The van der Waals surface area contributed by atoms with Gasteiger partial charge in [-0.1, -0.05) is 23.7 Å². The molecule has 3 N–H and O–H groups in total. The minimum Gasteiger partial charge on any atom is -0.449 e. The molecule has 144 valence electrons. The Morgan fingerprint density at radius 2 is 1.93 bits per heavy atom. The Hall–Kier alpha value is -3.10. The molecule has 0 saturated carbocycles. The Labute approximate surface area is 169 Å². The van der Waals surface area contributed by atoms with Crippen LogP contribution in [0.15, 0.2) is 52.3 Å². The molecule has 2 amide bonds. The largest absolute Gasteiger partial charge is 0.449 e. The van der Waals surface area contributed by atoms with Gasteiger partial charge in [0, 0.05) is 5.56 Å². The van der Waals surface area contributed by atoms with Crippen molar-refractivity contribution >= 4 is 45.7 Å². The highest BCUT2D eigenvalue weighted by Gasteiger charge is 2.23. The Morgan fingerprint density at radius 1 is 1.18 bits per heavy atom. The van der Waals surface area contributed by atoms with E-state index in [9.17, 15) is 14.4 Å². The van der Waals surface area contributed by atoms with Gasteiger partial charge in [0.25, 0.3) is 11.8 Å². The summed E-state index contributed by atoms with van der Waals surface area (Å²) in [4.78, 5) is 35.8. The van der Waals surface area contributed by atoms with E-state index >= 15 is 0 Å². The van der Waals surface area contributed by atoms with E-state index in [1.54, 1.807) is 35.7 Å². The second kappa shape index (κ2) is 8.28. The van der Waals surface area contributed by atoms with Crippen LogP contribution in [0, 0.1) is 0 Å². The standard InChI is InChI=1S/C19H15ClN2O5S/c1-10(17(24)22-18-12(16(21)23)8-9-28-18)26-19(25)15-7-6-14(27-15)11-4-2-3-5-13(11)20/h2-10H,1H3,(H2,21,23)(H,22,24). The zero-order valence-corrected chi connectivity index (χ0v) is 16.2. The third kappa shape index (κ3) is 4.24. The van der Waals surface area contributed by atoms with E-state index in [2.05, 4.69) is 5.32 Å².